The smallest absolute Gasteiger partial charge is 0.364 e. The predicted octanol–water partition coefficient (Wildman–Crippen LogP) is 2.49. The van der Waals surface area contributed by atoms with E-state index in [1.165, 1.54) is 4.90 Å². The zero-order valence-corrected chi connectivity index (χ0v) is 13.1. The van der Waals surface area contributed by atoms with Crippen LogP contribution in [0.4, 0.5) is 0 Å². The van der Waals surface area contributed by atoms with Crippen LogP contribution in [0.25, 0.3) is 0 Å². The number of halogens is 2. The molecule has 2 atom stereocenters. The quantitative estimate of drug-likeness (QED) is 0.865. The van der Waals surface area contributed by atoms with Gasteiger partial charge < -0.3 is 9.64 Å². The molecule has 1 aliphatic heterocycles. The Hall–Kier alpha value is -0.770. The number of hydrogen-bond donors (Lipinski definition) is 1. The summed E-state index contributed by atoms with van der Waals surface area (Å²) in [5.41, 5.74) is 1.03. The highest BCUT2D eigenvalue weighted by atomic mass is 35.5. The Morgan fingerprint density at radius 2 is 2.20 bits per heavy atom. The van der Waals surface area contributed by atoms with Crippen LogP contribution in [0, 0.1) is 0 Å². The summed E-state index contributed by atoms with van der Waals surface area (Å²) in [5, 5.41) is 1.30. The molecule has 1 saturated heterocycles. The molecular formula is C15H20Cl2NO2+. The van der Waals surface area contributed by atoms with Gasteiger partial charge in [-0.05, 0) is 31.9 Å². The van der Waals surface area contributed by atoms with E-state index < -0.39 is 0 Å². The molecule has 1 aliphatic rings. The van der Waals surface area contributed by atoms with E-state index in [1.54, 1.807) is 6.07 Å². The number of nitrogens with one attached hydrogen (secondary N) is 1. The standard InChI is InChI=1S/C15H19Cl2NO2/c1-2-20-15(19)14-5-3-4-8-18(14)10-11-6-7-12(16)9-13(11)17/h6-7,9,14H,2-5,8,10H2,1H3/p+1/t14-/m0/s1. The van der Waals surface area contributed by atoms with E-state index in [0.717, 1.165) is 37.9 Å². The molecule has 0 aliphatic carbocycles. The van der Waals surface area contributed by atoms with Crippen LogP contribution < -0.4 is 4.90 Å². The number of carbonyl (C=O) groups is 1. The second-order valence-electron chi connectivity index (χ2n) is 5.12. The molecule has 0 saturated carbocycles. The lowest BCUT2D eigenvalue weighted by Crippen LogP contribution is -3.16. The van der Waals surface area contributed by atoms with E-state index in [1.807, 2.05) is 19.1 Å². The van der Waals surface area contributed by atoms with Gasteiger partial charge in [-0.3, -0.25) is 0 Å². The Balaban J connectivity index is 2.10. The highest BCUT2D eigenvalue weighted by Gasteiger charge is 2.33. The molecule has 20 heavy (non-hydrogen) atoms. The highest BCUT2D eigenvalue weighted by molar-refractivity contribution is 6.35. The number of rotatable bonds is 4. The molecular weight excluding hydrogens is 297 g/mol. The van der Waals surface area contributed by atoms with Gasteiger partial charge >= 0.3 is 5.97 Å². The second kappa shape index (κ2) is 7.30. The lowest BCUT2D eigenvalue weighted by molar-refractivity contribution is -0.935. The van der Waals surface area contributed by atoms with E-state index in [-0.39, 0.29) is 12.0 Å². The van der Waals surface area contributed by atoms with Gasteiger partial charge in [-0.15, -0.1) is 0 Å². The number of esters is 1. The molecule has 1 aromatic carbocycles. The molecule has 0 bridgehead atoms. The third kappa shape index (κ3) is 3.87. The predicted molar refractivity (Wildman–Crippen MR) is 80.3 cm³/mol. The molecule has 1 fully saturated rings. The first-order chi connectivity index (χ1) is 9.61. The van der Waals surface area contributed by atoms with Crippen molar-refractivity contribution >= 4 is 29.2 Å². The van der Waals surface area contributed by atoms with Crippen molar-refractivity contribution in [3.63, 3.8) is 0 Å². The van der Waals surface area contributed by atoms with Crippen molar-refractivity contribution in [3.8, 4) is 0 Å². The van der Waals surface area contributed by atoms with Gasteiger partial charge in [0, 0.05) is 17.0 Å². The molecule has 1 heterocycles. The van der Waals surface area contributed by atoms with Crippen molar-refractivity contribution in [2.24, 2.45) is 0 Å². The topological polar surface area (TPSA) is 30.7 Å². The van der Waals surface area contributed by atoms with Crippen molar-refractivity contribution in [1.82, 2.24) is 0 Å². The summed E-state index contributed by atoms with van der Waals surface area (Å²) in [6.45, 7) is 3.99. The van der Waals surface area contributed by atoms with Crippen LogP contribution in [0.3, 0.4) is 0 Å². The summed E-state index contributed by atoms with van der Waals surface area (Å²) in [6.07, 6.45) is 3.11. The Bertz CT molecular complexity index is 479. The fourth-order valence-electron chi connectivity index (χ4n) is 2.73. The first kappa shape index (κ1) is 15.6. The largest absolute Gasteiger partial charge is 0.462 e. The fraction of sp³-hybridized carbons (Fsp3) is 0.533. The summed E-state index contributed by atoms with van der Waals surface area (Å²) in [4.78, 5) is 13.3. The molecule has 3 nitrogen and oxygen atoms in total. The van der Waals surface area contributed by atoms with Crippen LogP contribution in [0.1, 0.15) is 31.7 Å². The summed E-state index contributed by atoms with van der Waals surface area (Å²) < 4.78 is 5.18. The minimum atomic E-state index is -0.0905. The fourth-order valence-corrected chi connectivity index (χ4v) is 3.20. The summed E-state index contributed by atoms with van der Waals surface area (Å²) >= 11 is 12.1. The van der Waals surface area contributed by atoms with Crippen LogP contribution in [0.5, 0.6) is 0 Å². The molecule has 1 unspecified atom stereocenters. The normalized spacial score (nSPS) is 22.6. The maximum atomic E-state index is 12.0. The van der Waals surface area contributed by atoms with Crippen LogP contribution in [-0.2, 0) is 16.1 Å². The molecule has 5 heteroatoms. The number of hydrogen-bond acceptors (Lipinski definition) is 2. The van der Waals surface area contributed by atoms with Gasteiger partial charge in [0.2, 0.25) is 0 Å². The molecule has 1 aromatic rings. The average molecular weight is 317 g/mol. The van der Waals surface area contributed by atoms with Crippen LogP contribution in [0.15, 0.2) is 18.2 Å². The van der Waals surface area contributed by atoms with Crippen LogP contribution >= 0.6 is 23.2 Å². The van der Waals surface area contributed by atoms with Crippen molar-refractivity contribution in [1.29, 1.82) is 0 Å². The van der Waals surface area contributed by atoms with Gasteiger partial charge in [-0.25, -0.2) is 4.79 Å². The molecule has 0 amide bonds. The first-order valence-corrected chi connectivity index (χ1v) is 7.82. The number of carbonyl (C=O) groups excluding carboxylic acids is 1. The number of quaternary nitrogens is 1. The van der Waals surface area contributed by atoms with E-state index >= 15 is 0 Å². The van der Waals surface area contributed by atoms with Gasteiger partial charge in [-0.2, -0.15) is 0 Å². The van der Waals surface area contributed by atoms with Crippen LogP contribution in [0.2, 0.25) is 10.0 Å². The number of likely N-dealkylation sites (tertiary alicyclic amines) is 1. The van der Waals surface area contributed by atoms with Crippen molar-refractivity contribution < 1.29 is 14.4 Å². The highest BCUT2D eigenvalue weighted by Crippen LogP contribution is 2.20. The van der Waals surface area contributed by atoms with Gasteiger partial charge in [0.15, 0.2) is 6.04 Å². The van der Waals surface area contributed by atoms with Gasteiger partial charge in [0.1, 0.15) is 6.54 Å². The van der Waals surface area contributed by atoms with E-state index in [2.05, 4.69) is 0 Å². The maximum absolute atomic E-state index is 12.0. The molecule has 0 spiro atoms. The molecule has 2 rings (SSSR count). The average Bonchev–Trinajstić information content (AvgIpc) is 2.43. The molecule has 1 N–H and O–H groups in total. The number of benzene rings is 1. The minimum Gasteiger partial charge on any atom is -0.462 e. The third-order valence-corrected chi connectivity index (χ3v) is 4.32. The monoisotopic (exact) mass is 316 g/mol. The summed E-state index contributed by atoms with van der Waals surface area (Å²) in [7, 11) is 0. The Kier molecular flexibility index (Phi) is 5.70. The van der Waals surface area contributed by atoms with Crippen LogP contribution in [-0.4, -0.2) is 25.2 Å². The number of ether oxygens (including phenoxy) is 1. The molecule has 0 aromatic heterocycles. The lowest BCUT2D eigenvalue weighted by atomic mass is 10.0. The second-order valence-corrected chi connectivity index (χ2v) is 5.96. The van der Waals surface area contributed by atoms with E-state index in [9.17, 15) is 4.79 Å². The zero-order valence-electron chi connectivity index (χ0n) is 11.6. The third-order valence-electron chi connectivity index (χ3n) is 3.74. The zero-order chi connectivity index (χ0) is 14.5. The Morgan fingerprint density at radius 3 is 2.90 bits per heavy atom. The lowest BCUT2D eigenvalue weighted by Gasteiger charge is -2.31. The van der Waals surface area contributed by atoms with E-state index in [4.69, 9.17) is 27.9 Å². The summed E-state index contributed by atoms with van der Waals surface area (Å²) in [5.74, 6) is -0.0905. The Labute approximate surface area is 129 Å². The molecule has 110 valence electrons. The van der Waals surface area contributed by atoms with Crippen molar-refractivity contribution in [2.45, 2.75) is 38.8 Å². The van der Waals surface area contributed by atoms with Crippen molar-refractivity contribution in [2.75, 3.05) is 13.2 Å². The number of piperidine rings is 1. The minimum absolute atomic E-state index is 0.0737. The SMILES string of the molecule is CCOC(=O)[C@@H]1CCCC[NH+]1Cc1ccc(Cl)cc1Cl. The maximum Gasteiger partial charge on any atom is 0.364 e. The van der Waals surface area contributed by atoms with E-state index in [0.29, 0.717) is 16.7 Å². The van der Waals surface area contributed by atoms with Gasteiger partial charge in [0.25, 0.3) is 0 Å². The van der Waals surface area contributed by atoms with Gasteiger partial charge in [-0.1, -0.05) is 29.3 Å². The molecule has 0 radical (unpaired) electrons. The first-order valence-electron chi connectivity index (χ1n) is 7.07. The summed E-state index contributed by atoms with van der Waals surface area (Å²) in [6, 6.07) is 5.46. The Morgan fingerprint density at radius 1 is 1.40 bits per heavy atom. The van der Waals surface area contributed by atoms with Gasteiger partial charge in [0.05, 0.1) is 18.2 Å². The van der Waals surface area contributed by atoms with Crippen molar-refractivity contribution in [3.05, 3.63) is 33.8 Å².